The SMILES string of the molecule is CC[C@@H](C)COC(=S)SC. The van der Waals surface area contributed by atoms with Gasteiger partial charge in [0, 0.05) is 0 Å². The van der Waals surface area contributed by atoms with Gasteiger partial charge in [0.25, 0.3) is 0 Å². The molecule has 0 N–H and O–H groups in total. The van der Waals surface area contributed by atoms with E-state index in [0.29, 0.717) is 10.3 Å². The lowest BCUT2D eigenvalue weighted by molar-refractivity contribution is 0.258. The molecule has 0 aliphatic carbocycles. The molecule has 0 heterocycles. The van der Waals surface area contributed by atoms with Gasteiger partial charge in [0.1, 0.15) is 0 Å². The van der Waals surface area contributed by atoms with Crippen LogP contribution in [0, 0.1) is 5.92 Å². The summed E-state index contributed by atoms with van der Waals surface area (Å²) in [5.41, 5.74) is 0. The van der Waals surface area contributed by atoms with E-state index in [9.17, 15) is 0 Å². The van der Waals surface area contributed by atoms with Crippen LogP contribution >= 0.6 is 24.0 Å². The number of hydrogen-bond donors (Lipinski definition) is 0. The Hall–Kier alpha value is 0.240. The highest BCUT2D eigenvalue weighted by molar-refractivity contribution is 8.22. The quantitative estimate of drug-likeness (QED) is 0.615. The minimum Gasteiger partial charge on any atom is -0.478 e. The summed E-state index contributed by atoms with van der Waals surface area (Å²) in [7, 11) is 0. The smallest absolute Gasteiger partial charge is 0.219 e. The fraction of sp³-hybridized carbons (Fsp3) is 0.857. The van der Waals surface area contributed by atoms with Crippen molar-refractivity contribution in [2.24, 2.45) is 5.92 Å². The first-order valence-corrected chi connectivity index (χ1v) is 5.04. The lowest BCUT2D eigenvalue weighted by Gasteiger charge is -2.09. The van der Waals surface area contributed by atoms with Crippen molar-refractivity contribution in [3.05, 3.63) is 0 Å². The fourth-order valence-electron chi connectivity index (χ4n) is 0.387. The van der Waals surface area contributed by atoms with Crippen molar-refractivity contribution >= 4 is 28.4 Å². The maximum Gasteiger partial charge on any atom is 0.219 e. The maximum atomic E-state index is 5.24. The van der Waals surface area contributed by atoms with E-state index >= 15 is 0 Å². The molecule has 0 rings (SSSR count). The van der Waals surface area contributed by atoms with Crippen LogP contribution in [0.5, 0.6) is 0 Å². The first-order valence-electron chi connectivity index (χ1n) is 3.41. The Labute approximate surface area is 72.5 Å². The van der Waals surface area contributed by atoms with Gasteiger partial charge in [-0.1, -0.05) is 32.0 Å². The molecule has 3 heteroatoms. The van der Waals surface area contributed by atoms with Crippen molar-refractivity contribution in [3.63, 3.8) is 0 Å². The minimum atomic E-state index is 0.616. The Bertz CT molecular complexity index is 104. The molecule has 0 bridgehead atoms. The molecule has 0 aliphatic heterocycles. The first-order chi connectivity index (χ1) is 4.70. The minimum absolute atomic E-state index is 0.616. The Morgan fingerprint density at radius 3 is 2.70 bits per heavy atom. The zero-order valence-corrected chi connectivity index (χ0v) is 8.35. The predicted molar refractivity (Wildman–Crippen MR) is 51.5 cm³/mol. The molecule has 0 aromatic heterocycles. The fourth-order valence-corrected chi connectivity index (χ4v) is 0.641. The molecule has 0 spiro atoms. The van der Waals surface area contributed by atoms with Gasteiger partial charge >= 0.3 is 0 Å². The largest absolute Gasteiger partial charge is 0.478 e. The second-order valence-electron chi connectivity index (χ2n) is 2.28. The number of hydrogen-bond acceptors (Lipinski definition) is 3. The summed E-state index contributed by atoms with van der Waals surface area (Å²) in [5.74, 6) is 0.616. The molecule has 0 radical (unpaired) electrons. The molecule has 0 fully saturated rings. The van der Waals surface area contributed by atoms with Gasteiger partial charge in [0.15, 0.2) is 0 Å². The standard InChI is InChI=1S/C7H14OS2/c1-4-6(2)5-8-7(9)10-3/h6H,4-5H2,1-3H3/t6-/m1/s1. The summed E-state index contributed by atoms with van der Waals surface area (Å²) >= 11 is 6.35. The Morgan fingerprint density at radius 1 is 1.70 bits per heavy atom. The Balaban J connectivity index is 3.26. The molecule has 0 saturated carbocycles. The van der Waals surface area contributed by atoms with E-state index in [4.69, 9.17) is 17.0 Å². The van der Waals surface area contributed by atoms with Crippen molar-refractivity contribution in [3.8, 4) is 0 Å². The molecule has 0 unspecified atom stereocenters. The van der Waals surface area contributed by atoms with Crippen LogP contribution in [0.25, 0.3) is 0 Å². The molecule has 0 aliphatic rings. The third-order valence-corrected chi connectivity index (χ3v) is 2.42. The van der Waals surface area contributed by atoms with Gasteiger partial charge in [-0.05, 0) is 24.4 Å². The topological polar surface area (TPSA) is 9.23 Å². The highest BCUT2D eigenvalue weighted by Crippen LogP contribution is 2.05. The molecule has 1 nitrogen and oxygen atoms in total. The van der Waals surface area contributed by atoms with Gasteiger partial charge in [-0.15, -0.1) is 0 Å². The van der Waals surface area contributed by atoms with Gasteiger partial charge < -0.3 is 4.74 Å². The van der Waals surface area contributed by atoms with E-state index in [1.165, 1.54) is 11.8 Å². The molecule has 10 heavy (non-hydrogen) atoms. The molecular formula is C7H14OS2. The summed E-state index contributed by atoms with van der Waals surface area (Å²) in [6.45, 7) is 5.06. The highest BCUT2D eigenvalue weighted by atomic mass is 32.2. The lowest BCUT2D eigenvalue weighted by Crippen LogP contribution is -2.06. The van der Waals surface area contributed by atoms with Crippen LogP contribution in [0.2, 0.25) is 0 Å². The van der Waals surface area contributed by atoms with Crippen LogP contribution in [-0.4, -0.2) is 17.2 Å². The summed E-state index contributed by atoms with van der Waals surface area (Å²) < 4.78 is 5.89. The van der Waals surface area contributed by atoms with Crippen LogP contribution in [0.4, 0.5) is 0 Å². The number of thioether (sulfide) groups is 1. The monoisotopic (exact) mass is 178 g/mol. The summed E-state index contributed by atoms with van der Waals surface area (Å²) in [5, 5.41) is 0. The van der Waals surface area contributed by atoms with Crippen LogP contribution in [0.1, 0.15) is 20.3 Å². The number of rotatable bonds is 3. The van der Waals surface area contributed by atoms with Gasteiger partial charge in [-0.25, -0.2) is 0 Å². The van der Waals surface area contributed by atoms with Crippen molar-refractivity contribution in [1.29, 1.82) is 0 Å². The molecule has 1 atom stereocenters. The number of thiocarbonyl (C=S) groups is 1. The summed E-state index contributed by atoms with van der Waals surface area (Å²) in [6.07, 6.45) is 3.08. The third-order valence-electron chi connectivity index (χ3n) is 1.35. The average molecular weight is 178 g/mol. The lowest BCUT2D eigenvalue weighted by atomic mass is 10.1. The van der Waals surface area contributed by atoms with Gasteiger partial charge in [-0.2, -0.15) is 0 Å². The summed E-state index contributed by atoms with van der Waals surface area (Å²) in [4.78, 5) is 0. The van der Waals surface area contributed by atoms with Crippen molar-refractivity contribution in [2.75, 3.05) is 12.9 Å². The van der Waals surface area contributed by atoms with Gasteiger partial charge in [0.05, 0.1) is 6.61 Å². The zero-order valence-electron chi connectivity index (χ0n) is 6.72. The molecule has 60 valence electrons. The molecule has 0 amide bonds. The van der Waals surface area contributed by atoms with E-state index < -0.39 is 0 Å². The van der Waals surface area contributed by atoms with E-state index in [1.807, 2.05) is 6.26 Å². The normalized spacial score (nSPS) is 12.7. The maximum absolute atomic E-state index is 5.24. The van der Waals surface area contributed by atoms with E-state index in [2.05, 4.69) is 13.8 Å². The molecular weight excluding hydrogens is 164 g/mol. The van der Waals surface area contributed by atoms with E-state index in [1.54, 1.807) is 0 Å². The second-order valence-corrected chi connectivity index (χ2v) is 3.69. The third kappa shape index (κ3) is 5.06. The second kappa shape index (κ2) is 5.98. The summed E-state index contributed by atoms with van der Waals surface area (Å²) in [6, 6.07) is 0. The predicted octanol–water partition coefficient (Wildman–Crippen LogP) is 2.70. The van der Waals surface area contributed by atoms with Crippen molar-refractivity contribution in [2.45, 2.75) is 20.3 Å². The molecule has 0 saturated heterocycles. The first kappa shape index (κ1) is 10.2. The zero-order chi connectivity index (χ0) is 7.98. The van der Waals surface area contributed by atoms with Crippen LogP contribution in [0.15, 0.2) is 0 Å². The van der Waals surface area contributed by atoms with Gasteiger partial charge in [-0.3, -0.25) is 0 Å². The average Bonchev–Trinajstić information content (AvgIpc) is 1.99. The van der Waals surface area contributed by atoms with Gasteiger partial charge in [0.2, 0.25) is 4.38 Å². The van der Waals surface area contributed by atoms with Crippen molar-refractivity contribution < 1.29 is 4.74 Å². The van der Waals surface area contributed by atoms with Crippen molar-refractivity contribution in [1.82, 2.24) is 0 Å². The Kier molecular flexibility index (Phi) is 6.13. The van der Waals surface area contributed by atoms with Crippen LogP contribution in [-0.2, 0) is 4.74 Å². The van der Waals surface area contributed by atoms with Crippen LogP contribution in [0.3, 0.4) is 0 Å². The molecule has 0 aromatic rings. The highest BCUT2D eigenvalue weighted by Gasteiger charge is 2.00. The van der Waals surface area contributed by atoms with E-state index in [-0.39, 0.29) is 0 Å². The van der Waals surface area contributed by atoms with E-state index in [0.717, 1.165) is 13.0 Å². The number of ether oxygens (including phenoxy) is 1. The molecule has 0 aromatic carbocycles. The Morgan fingerprint density at radius 2 is 2.30 bits per heavy atom. The van der Waals surface area contributed by atoms with Crippen LogP contribution < -0.4 is 0 Å².